The molecule has 0 saturated carbocycles. The van der Waals surface area contributed by atoms with E-state index in [2.05, 4.69) is 10.3 Å². The Labute approximate surface area is 71.2 Å². The molecule has 0 amide bonds. The summed E-state index contributed by atoms with van der Waals surface area (Å²) in [4.78, 5) is 2.78. The third-order valence-corrected chi connectivity index (χ3v) is 2.41. The van der Waals surface area contributed by atoms with Crippen molar-refractivity contribution in [2.45, 2.75) is 25.3 Å². The predicted molar refractivity (Wildman–Crippen MR) is 45.3 cm³/mol. The summed E-state index contributed by atoms with van der Waals surface area (Å²) in [6, 6.07) is 0.227. The van der Waals surface area contributed by atoms with E-state index in [0.717, 1.165) is 18.5 Å². The maximum Gasteiger partial charge on any atom is 0.145 e. The van der Waals surface area contributed by atoms with Crippen molar-refractivity contribution in [2.24, 2.45) is 0 Å². The van der Waals surface area contributed by atoms with Gasteiger partial charge in [-0.2, -0.15) is 0 Å². The van der Waals surface area contributed by atoms with Gasteiger partial charge in [0.2, 0.25) is 0 Å². The lowest BCUT2D eigenvalue weighted by Gasteiger charge is -2.22. The number of aromatic amines is 1. The number of halogens is 1. The van der Waals surface area contributed by atoms with Crippen LogP contribution in [0.1, 0.15) is 30.9 Å². The molecule has 1 aromatic rings. The SMILES string of the molecule is Fc1c[nH]cc1C1CCCCN1. The van der Waals surface area contributed by atoms with Gasteiger partial charge < -0.3 is 10.3 Å². The Kier molecular flexibility index (Phi) is 2.13. The largest absolute Gasteiger partial charge is 0.365 e. The van der Waals surface area contributed by atoms with Crippen LogP contribution in [0.3, 0.4) is 0 Å². The number of rotatable bonds is 1. The fourth-order valence-electron chi connectivity index (χ4n) is 1.74. The average molecular weight is 168 g/mol. The van der Waals surface area contributed by atoms with Gasteiger partial charge in [0, 0.05) is 24.0 Å². The Bertz CT molecular complexity index is 251. The van der Waals surface area contributed by atoms with E-state index in [9.17, 15) is 4.39 Å². The summed E-state index contributed by atoms with van der Waals surface area (Å²) in [6.07, 6.45) is 6.61. The minimum absolute atomic E-state index is 0.116. The number of hydrogen-bond donors (Lipinski definition) is 2. The third-order valence-electron chi connectivity index (χ3n) is 2.41. The normalized spacial score (nSPS) is 24.2. The molecule has 2 N–H and O–H groups in total. The molecular formula is C9H13FN2. The first kappa shape index (κ1) is 7.80. The zero-order valence-electron chi connectivity index (χ0n) is 6.94. The maximum absolute atomic E-state index is 13.1. The standard InChI is InChI=1S/C9H13FN2/c10-8-6-11-5-7(8)9-3-1-2-4-12-9/h5-6,9,11-12H,1-4H2. The van der Waals surface area contributed by atoms with Gasteiger partial charge in [0.15, 0.2) is 0 Å². The molecule has 66 valence electrons. The smallest absolute Gasteiger partial charge is 0.145 e. The van der Waals surface area contributed by atoms with Crippen LogP contribution in [0.25, 0.3) is 0 Å². The molecule has 2 heterocycles. The van der Waals surface area contributed by atoms with E-state index in [-0.39, 0.29) is 11.9 Å². The van der Waals surface area contributed by atoms with Gasteiger partial charge in [-0.3, -0.25) is 0 Å². The van der Waals surface area contributed by atoms with Crippen molar-refractivity contribution in [1.82, 2.24) is 10.3 Å². The van der Waals surface area contributed by atoms with Crippen LogP contribution in [0, 0.1) is 5.82 Å². The van der Waals surface area contributed by atoms with Crippen molar-refractivity contribution < 1.29 is 4.39 Å². The second-order valence-corrected chi connectivity index (χ2v) is 3.26. The maximum atomic E-state index is 13.1. The molecule has 1 unspecified atom stereocenters. The van der Waals surface area contributed by atoms with Gasteiger partial charge in [0.05, 0.1) is 0 Å². The molecular weight excluding hydrogens is 155 g/mol. The first-order chi connectivity index (χ1) is 5.88. The number of piperidine rings is 1. The van der Waals surface area contributed by atoms with E-state index >= 15 is 0 Å². The fraction of sp³-hybridized carbons (Fsp3) is 0.556. The highest BCUT2D eigenvalue weighted by Crippen LogP contribution is 2.24. The molecule has 1 aliphatic rings. The molecule has 1 atom stereocenters. The van der Waals surface area contributed by atoms with Crippen molar-refractivity contribution in [2.75, 3.05) is 6.54 Å². The van der Waals surface area contributed by atoms with Crippen LogP contribution in [-0.4, -0.2) is 11.5 Å². The van der Waals surface area contributed by atoms with Gasteiger partial charge in [0.25, 0.3) is 0 Å². The average Bonchev–Trinajstić information content (AvgIpc) is 2.53. The monoisotopic (exact) mass is 168 g/mol. The van der Waals surface area contributed by atoms with Gasteiger partial charge in [-0.25, -0.2) is 4.39 Å². The van der Waals surface area contributed by atoms with Crippen LogP contribution in [0.2, 0.25) is 0 Å². The van der Waals surface area contributed by atoms with Crippen LogP contribution in [-0.2, 0) is 0 Å². The van der Waals surface area contributed by atoms with Crippen LogP contribution in [0.5, 0.6) is 0 Å². The number of H-pyrrole nitrogens is 1. The van der Waals surface area contributed by atoms with Gasteiger partial charge in [-0.1, -0.05) is 6.42 Å². The second-order valence-electron chi connectivity index (χ2n) is 3.26. The minimum Gasteiger partial charge on any atom is -0.365 e. The molecule has 3 heteroatoms. The van der Waals surface area contributed by atoms with E-state index in [1.165, 1.54) is 19.0 Å². The highest BCUT2D eigenvalue weighted by Gasteiger charge is 2.18. The van der Waals surface area contributed by atoms with Crippen molar-refractivity contribution >= 4 is 0 Å². The van der Waals surface area contributed by atoms with Crippen molar-refractivity contribution in [1.29, 1.82) is 0 Å². The topological polar surface area (TPSA) is 27.8 Å². The Hall–Kier alpha value is -0.830. The van der Waals surface area contributed by atoms with Crippen LogP contribution in [0.15, 0.2) is 12.4 Å². The molecule has 2 rings (SSSR count). The van der Waals surface area contributed by atoms with Crippen molar-refractivity contribution in [3.63, 3.8) is 0 Å². The molecule has 0 radical (unpaired) electrons. The molecule has 0 bridgehead atoms. The Morgan fingerprint density at radius 3 is 2.83 bits per heavy atom. The van der Waals surface area contributed by atoms with Gasteiger partial charge in [-0.05, 0) is 19.4 Å². The van der Waals surface area contributed by atoms with Crippen LogP contribution in [0.4, 0.5) is 4.39 Å². The molecule has 1 saturated heterocycles. The summed E-state index contributed by atoms with van der Waals surface area (Å²) in [5.41, 5.74) is 0.787. The van der Waals surface area contributed by atoms with Gasteiger partial charge in [0.1, 0.15) is 5.82 Å². The van der Waals surface area contributed by atoms with Gasteiger partial charge >= 0.3 is 0 Å². The van der Waals surface area contributed by atoms with Gasteiger partial charge in [-0.15, -0.1) is 0 Å². The summed E-state index contributed by atoms with van der Waals surface area (Å²) >= 11 is 0. The van der Waals surface area contributed by atoms with E-state index in [0.29, 0.717) is 0 Å². The summed E-state index contributed by atoms with van der Waals surface area (Å²) in [7, 11) is 0. The number of nitrogens with one attached hydrogen (secondary N) is 2. The third kappa shape index (κ3) is 1.37. The predicted octanol–water partition coefficient (Wildman–Crippen LogP) is 1.97. The molecule has 0 spiro atoms. The lowest BCUT2D eigenvalue weighted by Crippen LogP contribution is -2.26. The van der Waals surface area contributed by atoms with Crippen LogP contribution < -0.4 is 5.32 Å². The quantitative estimate of drug-likeness (QED) is 0.659. The molecule has 1 aromatic heterocycles. The summed E-state index contributed by atoms with van der Waals surface area (Å²) < 4.78 is 13.1. The zero-order chi connectivity index (χ0) is 8.39. The second kappa shape index (κ2) is 3.27. The van der Waals surface area contributed by atoms with E-state index in [1.807, 2.05) is 0 Å². The highest BCUT2D eigenvalue weighted by atomic mass is 19.1. The molecule has 0 aliphatic carbocycles. The molecule has 1 fully saturated rings. The minimum atomic E-state index is -0.116. The van der Waals surface area contributed by atoms with E-state index < -0.39 is 0 Å². The lowest BCUT2D eigenvalue weighted by molar-refractivity contribution is 0.401. The molecule has 1 aliphatic heterocycles. The van der Waals surface area contributed by atoms with Crippen molar-refractivity contribution in [3.8, 4) is 0 Å². The summed E-state index contributed by atoms with van der Waals surface area (Å²) in [6.45, 7) is 1.01. The Balaban J connectivity index is 2.13. The number of aromatic nitrogens is 1. The summed E-state index contributed by atoms with van der Waals surface area (Å²) in [5.74, 6) is -0.116. The Morgan fingerprint density at radius 2 is 2.25 bits per heavy atom. The van der Waals surface area contributed by atoms with Crippen molar-refractivity contribution in [3.05, 3.63) is 23.8 Å². The van der Waals surface area contributed by atoms with E-state index in [1.54, 1.807) is 6.20 Å². The van der Waals surface area contributed by atoms with Crippen LogP contribution >= 0.6 is 0 Å². The first-order valence-corrected chi connectivity index (χ1v) is 4.43. The molecule has 2 nitrogen and oxygen atoms in total. The Morgan fingerprint density at radius 1 is 1.33 bits per heavy atom. The number of hydrogen-bond acceptors (Lipinski definition) is 1. The zero-order valence-corrected chi connectivity index (χ0v) is 6.94. The molecule has 12 heavy (non-hydrogen) atoms. The summed E-state index contributed by atoms with van der Waals surface area (Å²) in [5, 5.41) is 3.30. The first-order valence-electron chi connectivity index (χ1n) is 4.43. The molecule has 0 aromatic carbocycles. The van der Waals surface area contributed by atoms with E-state index in [4.69, 9.17) is 0 Å². The fourth-order valence-corrected chi connectivity index (χ4v) is 1.74. The highest BCUT2D eigenvalue weighted by molar-refractivity contribution is 5.16. The lowest BCUT2D eigenvalue weighted by atomic mass is 10.00.